The van der Waals surface area contributed by atoms with Crippen LogP contribution in [0.1, 0.15) is 47.4 Å². The van der Waals surface area contributed by atoms with Gasteiger partial charge in [0.25, 0.3) is 5.91 Å². The van der Waals surface area contributed by atoms with Crippen molar-refractivity contribution in [2.45, 2.75) is 50.9 Å². The molecule has 2 aliphatic rings. The van der Waals surface area contributed by atoms with Crippen LogP contribution in [0.2, 0.25) is 0 Å². The summed E-state index contributed by atoms with van der Waals surface area (Å²) in [5, 5.41) is 11.9. The number of carbonyl (C=O) groups excluding carboxylic acids is 1. The van der Waals surface area contributed by atoms with Gasteiger partial charge in [-0.15, -0.1) is 0 Å². The zero-order chi connectivity index (χ0) is 19.8. The van der Waals surface area contributed by atoms with E-state index in [1.165, 1.54) is 6.92 Å². The van der Waals surface area contributed by atoms with Crippen molar-refractivity contribution in [1.82, 2.24) is 15.2 Å². The number of amides is 1. The van der Waals surface area contributed by atoms with Crippen LogP contribution >= 0.6 is 0 Å². The number of rotatable bonds is 7. The Balaban J connectivity index is 1.54. The quantitative estimate of drug-likeness (QED) is 0.754. The molecule has 2 saturated carbocycles. The number of carboxylic acids is 1. The molecule has 0 aliphatic heterocycles. The van der Waals surface area contributed by atoms with Crippen LogP contribution in [-0.2, 0) is 11.0 Å². The number of aliphatic carboxylic acids is 1. The Morgan fingerprint density at radius 2 is 1.96 bits per heavy atom. The first kappa shape index (κ1) is 19.6. The van der Waals surface area contributed by atoms with Gasteiger partial charge in [0.2, 0.25) is 0 Å². The Morgan fingerprint density at radius 3 is 2.48 bits per heavy atom. The van der Waals surface area contributed by atoms with Crippen LogP contribution in [-0.4, -0.2) is 52.0 Å². The fourth-order valence-electron chi connectivity index (χ4n) is 3.37. The van der Waals surface area contributed by atoms with E-state index in [0.717, 1.165) is 31.5 Å². The third-order valence-electron chi connectivity index (χ3n) is 5.11. The van der Waals surface area contributed by atoms with Crippen molar-refractivity contribution in [1.29, 1.82) is 0 Å². The number of aromatic nitrogens is 1. The SMILES string of the molecule is Cc1nc(C(F)(F)F)ccc1C(=O)NC1CC(N(CC(=O)O)CC2CC2)C1. The standard InChI is InChI=1S/C18H22F3N3O3/c1-10-14(4-5-15(22-10)18(19,20)21)17(27)23-12-6-13(7-12)24(9-16(25)26)8-11-2-3-11/h4-5,11-13H,2-3,6-9H2,1H3,(H,23,27)(H,25,26). The lowest BCUT2D eigenvalue weighted by Crippen LogP contribution is -2.55. The molecule has 3 rings (SSSR count). The molecule has 1 aromatic rings. The van der Waals surface area contributed by atoms with E-state index in [-0.39, 0.29) is 29.9 Å². The summed E-state index contributed by atoms with van der Waals surface area (Å²) in [6.45, 7) is 2.13. The second kappa shape index (κ2) is 7.46. The number of halogens is 3. The van der Waals surface area contributed by atoms with E-state index in [9.17, 15) is 22.8 Å². The molecule has 0 atom stereocenters. The monoisotopic (exact) mass is 385 g/mol. The number of carbonyl (C=O) groups is 2. The molecule has 9 heteroatoms. The van der Waals surface area contributed by atoms with Gasteiger partial charge in [-0.05, 0) is 50.7 Å². The van der Waals surface area contributed by atoms with Gasteiger partial charge in [0.15, 0.2) is 0 Å². The van der Waals surface area contributed by atoms with Crippen LogP contribution in [0.25, 0.3) is 0 Å². The van der Waals surface area contributed by atoms with Gasteiger partial charge in [0.05, 0.1) is 17.8 Å². The van der Waals surface area contributed by atoms with Crippen LogP contribution in [0.5, 0.6) is 0 Å². The fraction of sp³-hybridized carbons (Fsp3) is 0.611. The molecule has 1 heterocycles. The molecule has 6 nitrogen and oxygen atoms in total. The first-order valence-electron chi connectivity index (χ1n) is 8.95. The van der Waals surface area contributed by atoms with Crippen molar-refractivity contribution in [3.8, 4) is 0 Å². The predicted octanol–water partition coefficient (Wildman–Crippen LogP) is 2.47. The molecule has 2 N–H and O–H groups in total. The maximum absolute atomic E-state index is 12.7. The van der Waals surface area contributed by atoms with Crippen molar-refractivity contribution in [2.75, 3.05) is 13.1 Å². The highest BCUT2D eigenvalue weighted by molar-refractivity contribution is 5.95. The number of alkyl halides is 3. The first-order chi connectivity index (χ1) is 12.6. The van der Waals surface area contributed by atoms with E-state index in [1.807, 2.05) is 4.90 Å². The second-order valence-electron chi connectivity index (χ2n) is 7.39. The van der Waals surface area contributed by atoms with Crippen molar-refractivity contribution in [3.05, 3.63) is 29.1 Å². The van der Waals surface area contributed by atoms with Crippen LogP contribution in [0.4, 0.5) is 13.2 Å². The predicted molar refractivity (Wildman–Crippen MR) is 90.2 cm³/mol. The summed E-state index contributed by atoms with van der Waals surface area (Å²) in [6.07, 6.45) is -1.01. The number of hydrogen-bond donors (Lipinski definition) is 2. The minimum absolute atomic E-state index is 0.0102. The number of carboxylic acid groups (broad SMARTS) is 1. The summed E-state index contributed by atoms with van der Waals surface area (Å²) in [4.78, 5) is 28.8. The molecule has 0 saturated heterocycles. The lowest BCUT2D eigenvalue weighted by molar-refractivity contribution is -0.141. The Labute approximate surface area is 154 Å². The number of aryl methyl sites for hydroxylation is 1. The molecule has 0 unspecified atom stereocenters. The molecular formula is C18H22F3N3O3. The van der Waals surface area contributed by atoms with Gasteiger partial charge in [0.1, 0.15) is 5.69 Å². The van der Waals surface area contributed by atoms with Crippen LogP contribution in [0.15, 0.2) is 12.1 Å². The van der Waals surface area contributed by atoms with E-state index >= 15 is 0 Å². The van der Waals surface area contributed by atoms with Crippen molar-refractivity contribution >= 4 is 11.9 Å². The second-order valence-corrected chi connectivity index (χ2v) is 7.39. The highest BCUT2D eigenvalue weighted by atomic mass is 19.4. The maximum Gasteiger partial charge on any atom is 0.433 e. The largest absolute Gasteiger partial charge is 0.480 e. The van der Waals surface area contributed by atoms with Gasteiger partial charge in [-0.25, -0.2) is 4.98 Å². The Kier molecular flexibility index (Phi) is 5.41. The van der Waals surface area contributed by atoms with E-state index in [1.54, 1.807) is 0 Å². The van der Waals surface area contributed by atoms with E-state index in [2.05, 4.69) is 10.3 Å². The lowest BCUT2D eigenvalue weighted by Gasteiger charge is -2.42. The van der Waals surface area contributed by atoms with E-state index < -0.39 is 23.7 Å². The normalized spacial score (nSPS) is 22.4. The lowest BCUT2D eigenvalue weighted by atomic mass is 9.85. The molecule has 0 bridgehead atoms. The van der Waals surface area contributed by atoms with Gasteiger partial charge < -0.3 is 10.4 Å². The summed E-state index contributed by atoms with van der Waals surface area (Å²) in [6, 6.07) is 1.94. The maximum atomic E-state index is 12.7. The Bertz CT molecular complexity index is 728. The molecular weight excluding hydrogens is 363 g/mol. The average molecular weight is 385 g/mol. The summed E-state index contributed by atoms with van der Waals surface area (Å²) < 4.78 is 38.0. The zero-order valence-corrected chi connectivity index (χ0v) is 14.9. The summed E-state index contributed by atoms with van der Waals surface area (Å²) in [7, 11) is 0. The van der Waals surface area contributed by atoms with Crippen LogP contribution in [0.3, 0.4) is 0 Å². The minimum Gasteiger partial charge on any atom is -0.480 e. The van der Waals surface area contributed by atoms with Crippen molar-refractivity contribution in [2.24, 2.45) is 5.92 Å². The highest BCUT2D eigenvalue weighted by Crippen LogP contribution is 2.34. The smallest absolute Gasteiger partial charge is 0.433 e. The fourth-order valence-corrected chi connectivity index (χ4v) is 3.37. The van der Waals surface area contributed by atoms with Gasteiger partial charge in [-0.3, -0.25) is 14.5 Å². The van der Waals surface area contributed by atoms with Gasteiger partial charge >= 0.3 is 12.1 Å². The number of nitrogens with zero attached hydrogens (tertiary/aromatic N) is 2. The summed E-state index contributed by atoms with van der Waals surface area (Å²) in [5.74, 6) is -0.752. The molecule has 1 amide bonds. The third kappa shape index (κ3) is 4.97. The van der Waals surface area contributed by atoms with Gasteiger partial charge in [-0.1, -0.05) is 0 Å². The third-order valence-corrected chi connectivity index (χ3v) is 5.11. The van der Waals surface area contributed by atoms with Crippen LogP contribution < -0.4 is 5.32 Å². The molecule has 2 fully saturated rings. The van der Waals surface area contributed by atoms with Crippen molar-refractivity contribution < 1.29 is 27.9 Å². The average Bonchev–Trinajstić information content (AvgIpc) is 3.32. The molecule has 27 heavy (non-hydrogen) atoms. The highest BCUT2D eigenvalue weighted by Gasteiger charge is 2.38. The van der Waals surface area contributed by atoms with Crippen molar-refractivity contribution in [3.63, 3.8) is 0 Å². The topological polar surface area (TPSA) is 82.5 Å². The number of nitrogens with one attached hydrogen (secondary N) is 1. The molecule has 2 aliphatic carbocycles. The number of hydrogen-bond acceptors (Lipinski definition) is 4. The molecule has 1 aromatic heterocycles. The molecule has 0 spiro atoms. The van der Waals surface area contributed by atoms with Gasteiger partial charge in [0, 0.05) is 18.6 Å². The van der Waals surface area contributed by atoms with E-state index in [4.69, 9.17) is 5.11 Å². The Morgan fingerprint density at radius 1 is 1.30 bits per heavy atom. The minimum atomic E-state index is -4.55. The first-order valence-corrected chi connectivity index (χ1v) is 8.95. The zero-order valence-electron chi connectivity index (χ0n) is 14.9. The summed E-state index contributed by atoms with van der Waals surface area (Å²) in [5.41, 5.74) is -0.879. The van der Waals surface area contributed by atoms with E-state index in [0.29, 0.717) is 18.8 Å². The summed E-state index contributed by atoms with van der Waals surface area (Å²) >= 11 is 0. The van der Waals surface area contributed by atoms with Crippen LogP contribution in [0, 0.1) is 12.8 Å². The molecule has 148 valence electrons. The van der Waals surface area contributed by atoms with Gasteiger partial charge in [-0.2, -0.15) is 13.2 Å². The Hall–Kier alpha value is -2.16. The number of pyridine rings is 1. The molecule has 0 radical (unpaired) electrons. The molecule has 0 aromatic carbocycles.